The Bertz CT molecular complexity index is 644. The Morgan fingerprint density at radius 2 is 1.70 bits per heavy atom. The van der Waals surface area contributed by atoms with Crippen molar-refractivity contribution in [3.8, 4) is 0 Å². The van der Waals surface area contributed by atoms with Gasteiger partial charge >= 0.3 is 6.03 Å². The molecular formula is C13H10ClN3O3. The number of carbonyl (C=O) groups excluding carboxylic acids is 1. The molecule has 2 aromatic rings. The second-order valence-electron chi connectivity index (χ2n) is 3.89. The predicted molar refractivity (Wildman–Crippen MR) is 77.2 cm³/mol. The highest BCUT2D eigenvalue weighted by molar-refractivity contribution is 6.30. The highest BCUT2D eigenvalue weighted by Crippen LogP contribution is 2.17. The molecule has 0 aromatic heterocycles. The molecule has 6 nitrogen and oxygen atoms in total. The fourth-order valence-corrected chi connectivity index (χ4v) is 1.72. The zero-order chi connectivity index (χ0) is 14.5. The van der Waals surface area contributed by atoms with Gasteiger partial charge in [-0.2, -0.15) is 0 Å². The molecule has 0 saturated carbocycles. The van der Waals surface area contributed by atoms with Gasteiger partial charge in [0.2, 0.25) is 0 Å². The average Bonchev–Trinajstić information content (AvgIpc) is 2.39. The molecule has 2 N–H and O–H groups in total. The normalized spacial score (nSPS) is 9.85. The van der Waals surface area contributed by atoms with Crippen LogP contribution in [0.5, 0.6) is 0 Å². The van der Waals surface area contributed by atoms with Crippen LogP contribution >= 0.6 is 11.6 Å². The van der Waals surface area contributed by atoms with E-state index >= 15 is 0 Å². The van der Waals surface area contributed by atoms with Crippen LogP contribution in [0.15, 0.2) is 48.5 Å². The predicted octanol–water partition coefficient (Wildman–Crippen LogP) is 3.89. The Kier molecular flexibility index (Phi) is 4.17. The topological polar surface area (TPSA) is 84.3 Å². The third-order valence-corrected chi connectivity index (χ3v) is 2.65. The molecule has 0 radical (unpaired) electrons. The number of non-ortho nitro benzene ring substituents is 1. The SMILES string of the molecule is O=C(Nc1ccc([N+](=O)[O-])cc1)Nc1cccc(Cl)c1. The highest BCUT2D eigenvalue weighted by Gasteiger charge is 2.06. The molecule has 2 aromatic carbocycles. The van der Waals surface area contributed by atoms with Gasteiger partial charge in [-0.15, -0.1) is 0 Å². The lowest BCUT2D eigenvalue weighted by Crippen LogP contribution is -2.19. The molecule has 7 heteroatoms. The van der Waals surface area contributed by atoms with E-state index < -0.39 is 11.0 Å². The van der Waals surface area contributed by atoms with Crippen LogP contribution in [0, 0.1) is 10.1 Å². The number of nitrogens with one attached hydrogen (secondary N) is 2. The molecule has 0 atom stereocenters. The lowest BCUT2D eigenvalue weighted by molar-refractivity contribution is -0.384. The smallest absolute Gasteiger partial charge is 0.308 e. The molecule has 0 saturated heterocycles. The van der Waals surface area contributed by atoms with Gasteiger partial charge in [-0.05, 0) is 30.3 Å². The van der Waals surface area contributed by atoms with E-state index in [1.54, 1.807) is 24.3 Å². The first-order chi connectivity index (χ1) is 9.54. The van der Waals surface area contributed by atoms with Gasteiger partial charge in [0.25, 0.3) is 5.69 Å². The van der Waals surface area contributed by atoms with E-state index in [0.29, 0.717) is 16.4 Å². The number of amides is 2. The van der Waals surface area contributed by atoms with E-state index in [0.717, 1.165) is 0 Å². The van der Waals surface area contributed by atoms with Crippen molar-refractivity contribution in [2.24, 2.45) is 0 Å². The Labute approximate surface area is 119 Å². The van der Waals surface area contributed by atoms with Crippen LogP contribution in [0.25, 0.3) is 0 Å². The van der Waals surface area contributed by atoms with Gasteiger partial charge in [0, 0.05) is 28.5 Å². The summed E-state index contributed by atoms with van der Waals surface area (Å²) in [4.78, 5) is 21.7. The number of nitrogens with zero attached hydrogens (tertiary/aromatic N) is 1. The minimum Gasteiger partial charge on any atom is -0.308 e. The van der Waals surface area contributed by atoms with E-state index in [2.05, 4.69) is 10.6 Å². The molecule has 0 fully saturated rings. The zero-order valence-corrected chi connectivity index (χ0v) is 10.9. The standard InChI is InChI=1S/C13H10ClN3O3/c14-9-2-1-3-11(8-9)16-13(18)15-10-4-6-12(7-5-10)17(19)20/h1-8H,(H2,15,16,18). The van der Waals surface area contributed by atoms with Crippen molar-refractivity contribution < 1.29 is 9.72 Å². The maximum absolute atomic E-state index is 11.7. The third kappa shape index (κ3) is 3.69. The van der Waals surface area contributed by atoms with Crippen molar-refractivity contribution in [1.29, 1.82) is 0 Å². The summed E-state index contributed by atoms with van der Waals surface area (Å²) < 4.78 is 0. The van der Waals surface area contributed by atoms with E-state index in [9.17, 15) is 14.9 Å². The largest absolute Gasteiger partial charge is 0.323 e. The number of rotatable bonds is 3. The quantitative estimate of drug-likeness (QED) is 0.664. The lowest BCUT2D eigenvalue weighted by Gasteiger charge is -2.07. The van der Waals surface area contributed by atoms with E-state index in [1.165, 1.54) is 24.3 Å². The van der Waals surface area contributed by atoms with Crippen LogP contribution in [0.2, 0.25) is 5.02 Å². The second kappa shape index (κ2) is 6.03. The van der Waals surface area contributed by atoms with Crippen LogP contribution in [0.4, 0.5) is 21.9 Å². The number of hydrogen-bond acceptors (Lipinski definition) is 3. The van der Waals surface area contributed by atoms with Crippen molar-refractivity contribution >= 4 is 34.7 Å². The fraction of sp³-hybridized carbons (Fsp3) is 0. The van der Waals surface area contributed by atoms with Crippen molar-refractivity contribution in [2.45, 2.75) is 0 Å². The number of nitro benzene ring substituents is 1. The first kappa shape index (κ1) is 13.8. The summed E-state index contributed by atoms with van der Waals surface area (Å²) in [5.41, 5.74) is 0.970. The van der Waals surface area contributed by atoms with E-state index in [-0.39, 0.29) is 5.69 Å². The van der Waals surface area contributed by atoms with E-state index in [4.69, 9.17) is 11.6 Å². The van der Waals surface area contributed by atoms with Crippen LogP contribution in [-0.4, -0.2) is 11.0 Å². The molecule has 0 bridgehead atoms. The Morgan fingerprint density at radius 3 is 2.30 bits per heavy atom. The third-order valence-electron chi connectivity index (χ3n) is 2.42. The summed E-state index contributed by atoms with van der Waals surface area (Å²) in [6.07, 6.45) is 0. The second-order valence-corrected chi connectivity index (χ2v) is 4.33. The number of benzene rings is 2. The van der Waals surface area contributed by atoms with Crippen molar-refractivity contribution in [3.05, 3.63) is 63.7 Å². The molecule has 2 amide bonds. The average molecular weight is 292 g/mol. The van der Waals surface area contributed by atoms with Gasteiger partial charge in [0.05, 0.1) is 4.92 Å². The molecule has 2 rings (SSSR count). The molecule has 0 unspecified atom stereocenters. The molecule has 0 spiro atoms. The maximum Gasteiger partial charge on any atom is 0.323 e. The number of nitro groups is 1. The van der Waals surface area contributed by atoms with Gasteiger partial charge in [-0.1, -0.05) is 17.7 Å². The number of carbonyl (C=O) groups is 1. The molecule has 0 aliphatic carbocycles. The first-order valence-electron chi connectivity index (χ1n) is 5.62. The maximum atomic E-state index is 11.7. The Hall–Kier alpha value is -2.60. The summed E-state index contributed by atoms with van der Waals surface area (Å²) in [6, 6.07) is 11.8. The summed E-state index contributed by atoms with van der Waals surface area (Å²) in [7, 11) is 0. The minimum absolute atomic E-state index is 0.0363. The fourth-order valence-electron chi connectivity index (χ4n) is 1.53. The number of urea groups is 1. The van der Waals surface area contributed by atoms with Crippen LogP contribution < -0.4 is 10.6 Å². The molecular weight excluding hydrogens is 282 g/mol. The molecule has 0 aliphatic rings. The van der Waals surface area contributed by atoms with Crippen LogP contribution in [0.1, 0.15) is 0 Å². The summed E-state index contributed by atoms with van der Waals surface area (Å²) in [5, 5.41) is 16.2. The molecule has 20 heavy (non-hydrogen) atoms. The number of halogens is 1. The number of anilines is 2. The number of hydrogen-bond donors (Lipinski definition) is 2. The van der Waals surface area contributed by atoms with Gasteiger partial charge < -0.3 is 10.6 Å². The molecule has 102 valence electrons. The van der Waals surface area contributed by atoms with Crippen molar-refractivity contribution in [1.82, 2.24) is 0 Å². The monoisotopic (exact) mass is 291 g/mol. The van der Waals surface area contributed by atoms with Crippen molar-refractivity contribution in [3.63, 3.8) is 0 Å². The van der Waals surface area contributed by atoms with Gasteiger partial charge in [-0.3, -0.25) is 10.1 Å². The Balaban J connectivity index is 1.99. The van der Waals surface area contributed by atoms with Crippen molar-refractivity contribution in [2.75, 3.05) is 10.6 Å². The van der Waals surface area contributed by atoms with Crippen LogP contribution in [-0.2, 0) is 0 Å². The van der Waals surface area contributed by atoms with Gasteiger partial charge in [-0.25, -0.2) is 4.79 Å². The summed E-state index contributed by atoms with van der Waals surface area (Å²) in [6.45, 7) is 0. The van der Waals surface area contributed by atoms with Gasteiger partial charge in [0.15, 0.2) is 0 Å². The molecule has 0 aliphatic heterocycles. The zero-order valence-electron chi connectivity index (χ0n) is 10.2. The van der Waals surface area contributed by atoms with E-state index in [1.807, 2.05) is 0 Å². The minimum atomic E-state index is -0.504. The van der Waals surface area contributed by atoms with Gasteiger partial charge in [0.1, 0.15) is 0 Å². The first-order valence-corrected chi connectivity index (χ1v) is 6.00. The molecule has 0 heterocycles. The summed E-state index contributed by atoms with van der Waals surface area (Å²) in [5.74, 6) is 0. The summed E-state index contributed by atoms with van der Waals surface area (Å²) >= 11 is 5.80. The highest BCUT2D eigenvalue weighted by atomic mass is 35.5. The lowest BCUT2D eigenvalue weighted by atomic mass is 10.3. The Morgan fingerprint density at radius 1 is 1.05 bits per heavy atom. The van der Waals surface area contributed by atoms with Crippen LogP contribution in [0.3, 0.4) is 0 Å².